The first kappa shape index (κ1) is 15.3. The molecule has 1 heterocycles. The summed E-state index contributed by atoms with van der Waals surface area (Å²) in [6, 6.07) is 4.31. The van der Waals surface area contributed by atoms with E-state index in [1.807, 2.05) is 6.92 Å². The topological polar surface area (TPSA) is 44.5 Å². The van der Waals surface area contributed by atoms with E-state index in [9.17, 15) is 0 Å². The molecule has 2 N–H and O–H groups in total. The second-order valence-electron chi connectivity index (χ2n) is 5.11. The van der Waals surface area contributed by atoms with Gasteiger partial charge >= 0.3 is 0 Å². The van der Waals surface area contributed by atoms with Gasteiger partial charge in [0.25, 0.3) is 0 Å². The molecule has 0 aromatic heterocycles. The molecule has 2 rings (SSSR count). The second kappa shape index (κ2) is 7.07. The Bertz CT molecular complexity index is 408. The molecule has 0 aliphatic carbocycles. The normalized spacial score (nSPS) is 20.5. The zero-order valence-electron chi connectivity index (χ0n) is 11.0. The van der Waals surface area contributed by atoms with Crippen LogP contribution in [0.5, 0.6) is 5.75 Å². The van der Waals surface area contributed by atoms with Crippen LogP contribution in [0.3, 0.4) is 0 Å². The predicted octanol–water partition coefficient (Wildman–Crippen LogP) is 3.52. The molecule has 0 saturated carbocycles. The smallest absolute Gasteiger partial charge is 0.147 e. The molecular weight excluding hydrogens is 374 g/mol. The largest absolute Gasteiger partial charge is 0.491 e. The third kappa shape index (κ3) is 4.45. The van der Waals surface area contributed by atoms with Gasteiger partial charge in [-0.05, 0) is 69.3 Å². The number of hydrogen-bond donors (Lipinski definition) is 1. The summed E-state index contributed by atoms with van der Waals surface area (Å²) < 4.78 is 13.2. The Morgan fingerprint density at radius 1 is 1.42 bits per heavy atom. The molecule has 0 spiro atoms. The summed E-state index contributed by atoms with van der Waals surface area (Å²) in [5.41, 5.74) is 7.03. The van der Waals surface area contributed by atoms with Crippen molar-refractivity contribution in [2.75, 3.05) is 19.8 Å². The molecule has 1 saturated heterocycles. The van der Waals surface area contributed by atoms with E-state index in [0.29, 0.717) is 12.5 Å². The van der Waals surface area contributed by atoms with Crippen molar-refractivity contribution in [2.24, 2.45) is 11.7 Å². The third-order valence-corrected chi connectivity index (χ3v) is 4.28. The standard InChI is InChI=1S/C14H19Br2NO2/c1-9(17)4-11-5-12(15)14(13(16)6-11)19-8-10-2-3-18-7-10/h5-6,9-10H,2-4,7-8,17H2,1H3. The lowest BCUT2D eigenvalue weighted by molar-refractivity contribution is 0.166. The number of ether oxygens (including phenoxy) is 2. The van der Waals surface area contributed by atoms with Crippen molar-refractivity contribution in [2.45, 2.75) is 25.8 Å². The van der Waals surface area contributed by atoms with Crippen LogP contribution in [0, 0.1) is 5.92 Å². The van der Waals surface area contributed by atoms with E-state index in [2.05, 4.69) is 44.0 Å². The maximum atomic E-state index is 5.91. The number of halogens is 2. The van der Waals surface area contributed by atoms with Crippen molar-refractivity contribution in [3.8, 4) is 5.75 Å². The Morgan fingerprint density at radius 3 is 2.63 bits per heavy atom. The van der Waals surface area contributed by atoms with Gasteiger partial charge in [0.1, 0.15) is 5.75 Å². The predicted molar refractivity (Wildman–Crippen MR) is 83.6 cm³/mol. The van der Waals surface area contributed by atoms with Crippen LogP contribution in [0.2, 0.25) is 0 Å². The fourth-order valence-corrected chi connectivity index (χ4v) is 3.67. The summed E-state index contributed by atoms with van der Waals surface area (Å²) >= 11 is 7.14. The minimum absolute atomic E-state index is 0.154. The molecule has 0 amide bonds. The van der Waals surface area contributed by atoms with E-state index in [1.54, 1.807) is 0 Å². The average Bonchev–Trinajstić information content (AvgIpc) is 2.79. The zero-order chi connectivity index (χ0) is 13.8. The van der Waals surface area contributed by atoms with Crippen LogP contribution in [0.15, 0.2) is 21.1 Å². The van der Waals surface area contributed by atoms with Crippen molar-refractivity contribution in [1.82, 2.24) is 0 Å². The maximum Gasteiger partial charge on any atom is 0.147 e. The first-order valence-electron chi connectivity index (χ1n) is 6.50. The van der Waals surface area contributed by atoms with Gasteiger partial charge in [-0.1, -0.05) is 0 Å². The van der Waals surface area contributed by atoms with Crippen molar-refractivity contribution in [1.29, 1.82) is 0 Å². The summed E-state index contributed by atoms with van der Waals surface area (Å²) in [6.07, 6.45) is 1.94. The van der Waals surface area contributed by atoms with Crippen LogP contribution >= 0.6 is 31.9 Å². The van der Waals surface area contributed by atoms with Gasteiger partial charge in [-0.3, -0.25) is 0 Å². The molecule has 1 aromatic carbocycles. The molecule has 1 aliphatic heterocycles. The quantitative estimate of drug-likeness (QED) is 0.833. The number of nitrogens with two attached hydrogens (primary N) is 1. The fraction of sp³-hybridized carbons (Fsp3) is 0.571. The number of rotatable bonds is 5. The van der Waals surface area contributed by atoms with Crippen LogP contribution in [-0.4, -0.2) is 25.9 Å². The summed E-state index contributed by atoms with van der Waals surface area (Å²) in [6.45, 7) is 4.36. The highest BCUT2D eigenvalue weighted by molar-refractivity contribution is 9.11. The minimum Gasteiger partial charge on any atom is -0.491 e. The summed E-state index contributed by atoms with van der Waals surface area (Å²) in [5.74, 6) is 1.36. The summed E-state index contributed by atoms with van der Waals surface area (Å²) in [4.78, 5) is 0. The van der Waals surface area contributed by atoms with E-state index in [4.69, 9.17) is 15.2 Å². The molecule has 1 aliphatic rings. The molecule has 1 fully saturated rings. The molecule has 2 atom stereocenters. The average molecular weight is 393 g/mol. The Kier molecular flexibility index (Phi) is 5.69. The Labute approximate surface area is 131 Å². The van der Waals surface area contributed by atoms with Gasteiger partial charge < -0.3 is 15.2 Å². The molecule has 19 heavy (non-hydrogen) atoms. The van der Waals surface area contributed by atoms with E-state index in [-0.39, 0.29) is 6.04 Å². The maximum absolute atomic E-state index is 5.91. The molecule has 1 aromatic rings. The SMILES string of the molecule is CC(N)Cc1cc(Br)c(OCC2CCOC2)c(Br)c1. The lowest BCUT2D eigenvalue weighted by Crippen LogP contribution is -2.18. The van der Waals surface area contributed by atoms with Crippen LogP contribution < -0.4 is 10.5 Å². The Morgan fingerprint density at radius 2 is 2.11 bits per heavy atom. The van der Waals surface area contributed by atoms with Crippen LogP contribution in [0.1, 0.15) is 18.9 Å². The number of hydrogen-bond acceptors (Lipinski definition) is 3. The zero-order valence-corrected chi connectivity index (χ0v) is 14.2. The Hall–Kier alpha value is -0.100. The van der Waals surface area contributed by atoms with Crippen LogP contribution in [0.25, 0.3) is 0 Å². The Balaban J connectivity index is 2.03. The second-order valence-corrected chi connectivity index (χ2v) is 6.82. The van der Waals surface area contributed by atoms with Crippen molar-refractivity contribution in [3.05, 3.63) is 26.6 Å². The van der Waals surface area contributed by atoms with Gasteiger partial charge in [0.15, 0.2) is 0 Å². The van der Waals surface area contributed by atoms with Crippen LogP contribution in [-0.2, 0) is 11.2 Å². The summed E-state index contributed by atoms with van der Waals surface area (Å²) in [5, 5.41) is 0. The summed E-state index contributed by atoms with van der Waals surface area (Å²) in [7, 11) is 0. The highest BCUT2D eigenvalue weighted by Gasteiger charge is 2.18. The molecule has 106 valence electrons. The third-order valence-electron chi connectivity index (χ3n) is 3.10. The van der Waals surface area contributed by atoms with Crippen molar-refractivity contribution in [3.63, 3.8) is 0 Å². The molecule has 0 bridgehead atoms. The fourth-order valence-electron chi connectivity index (χ4n) is 2.16. The van der Waals surface area contributed by atoms with Gasteiger partial charge in [0.05, 0.1) is 22.2 Å². The molecule has 2 unspecified atom stereocenters. The van der Waals surface area contributed by atoms with Gasteiger partial charge in [-0.2, -0.15) is 0 Å². The lowest BCUT2D eigenvalue weighted by Gasteiger charge is -2.15. The highest BCUT2D eigenvalue weighted by Crippen LogP contribution is 2.35. The monoisotopic (exact) mass is 391 g/mol. The molecular formula is C14H19Br2NO2. The van der Waals surface area contributed by atoms with Gasteiger partial charge in [0.2, 0.25) is 0 Å². The molecule has 3 nitrogen and oxygen atoms in total. The van der Waals surface area contributed by atoms with Crippen molar-refractivity contribution < 1.29 is 9.47 Å². The minimum atomic E-state index is 0.154. The first-order chi connectivity index (χ1) is 9.06. The van der Waals surface area contributed by atoms with E-state index in [1.165, 1.54) is 5.56 Å². The lowest BCUT2D eigenvalue weighted by atomic mass is 10.1. The number of benzene rings is 1. The van der Waals surface area contributed by atoms with Crippen molar-refractivity contribution >= 4 is 31.9 Å². The highest BCUT2D eigenvalue weighted by atomic mass is 79.9. The van der Waals surface area contributed by atoms with Gasteiger partial charge in [0, 0.05) is 18.6 Å². The van der Waals surface area contributed by atoms with E-state index in [0.717, 1.165) is 40.8 Å². The van der Waals surface area contributed by atoms with Crippen LogP contribution in [0.4, 0.5) is 0 Å². The van der Waals surface area contributed by atoms with E-state index >= 15 is 0 Å². The first-order valence-corrected chi connectivity index (χ1v) is 8.09. The molecule has 0 radical (unpaired) electrons. The van der Waals surface area contributed by atoms with Gasteiger partial charge in [-0.15, -0.1) is 0 Å². The van der Waals surface area contributed by atoms with E-state index < -0.39 is 0 Å². The van der Waals surface area contributed by atoms with Gasteiger partial charge in [-0.25, -0.2) is 0 Å². The molecule has 5 heteroatoms.